The number of halogens is 2. The van der Waals surface area contributed by atoms with Crippen molar-refractivity contribution in [1.82, 2.24) is 9.88 Å². The Morgan fingerprint density at radius 1 is 1.17 bits per heavy atom. The number of rotatable bonds is 4. The SMILES string of the molecule is CCNc1nc2cc3c(cc2s1)C[C@@H]1[C@@H]2CCCC[C@]32CCN1CC1CC1.Cl.Cl. The van der Waals surface area contributed by atoms with Crippen LogP contribution in [0.1, 0.15) is 63.0 Å². The summed E-state index contributed by atoms with van der Waals surface area (Å²) in [5.41, 5.74) is 5.02. The average molecular weight is 455 g/mol. The van der Waals surface area contributed by atoms with Crippen LogP contribution in [0.15, 0.2) is 12.1 Å². The van der Waals surface area contributed by atoms with Gasteiger partial charge in [0.05, 0.1) is 10.2 Å². The van der Waals surface area contributed by atoms with E-state index in [4.69, 9.17) is 4.98 Å². The standard InChI is InChI=1S/C23H31N3S.2ClH/c1-2-24-22-25-19-13-18-16(12-21(19)27-22)11-20-17-5-3-4-8-23(17,18)9-10-26(20)14-15-6-7-15;;/h12-13,15,17,20H,2-11,14H2,1H3,(H,24,25);2*1H/t17-,20+,23+;;/m0../s1. The molecule has 4 aliphatic rings. The predicted octanol–water partition coefficient (Wildman–Crippen LogP) is 6.04. The minimum atomic E-state index is 0. The van der Waals surface area contributed by atoms with Gasteiger partial charge < -0.3 is 5.32 Å². The van der Waals surface area contributed by atoms with Gasteiger partial charge in [-0.05, 0) is 87.1 Å². The van der Waals surface area contributed by atoms with E-state index < -0.39 is 0 Å². The van der Waals surface area contributed by atoms with E-state index in [-0.39, 0.29) is 24.8 Å². The van der Waals surface area contributed by atoms with Crippen molar-refractivity contribution in [2.24, 2.45) is 11.8 Å². The molecule has 3 atom stereocenters. The van der Waals surface area contributed by atoms with E-state index in [0.717, 1.165) is 29.6 Å². The fraction of sp³-hybridized carbons (Fsp3) is 0.696. The maximum Gasteiger partial charge on any atom is 0.183 e. The van der Waals surface area contributed by atoms with Gasteiger partial charge in [0.25, 0.3) is 0 Å². The van der Waals surface area contributed by atoms with E-state index in [1.54, 1.807) is 11.1 Å². The molecular formula is C23H33Cl2N3S. The van der Waals surface area contributed by atoms with Gasteiger partial charge in [-0.15, -0.1) is 24.8 Å². The maximum atomic E-state index is 4.91. The van der Waals surface area contributed by atoms with E-state index in [0.29, 0.717) is 5.41 Å². The molecule has 3 aliphatic carbocycles. The number of hydrogen-bond acceptors (Lipinski definition) is 4. The zero-order valence-electron chi connectivity index (χ0n) is 17.3. The lowest BCUT2D eigenvalue weighted by atomic mass is 9.52. The Hall–Kier alpha value is -0.550. The first-order valence-electron chi connectivity index (χ1n) is 11.2. The summed E-state index contributed by atoms with van der Waals surface area (Å²) in [7, 11) is 0. The van der Waals surface area contributed by atoms with Crippen LogP contribution in [-0.4, -0.2) is 35.6 Å². The second kappa shape index (κ2) is 8.18. The summed E-state index contributed by atoms with van der Waals surface area (Å²) in [5, 5.41) is 4.51. The van der Waals surface area contributed by atoms with E-state index in [2.05, 4.69) is 29.3 Å². The number of anilines is 1. The fourth-order valence-electron chi connectivity index (χ4n) is 6.60. The molecule has 1 aliphatic heterocycles. The molecule has 6 rings (SSSR count). The average Bonchev–Trinajstić information content (AvgIpc) is 3.41. The molecule has 0 unspecified atom stereocenters. The van der Waals surface area contributed by atoms with Crippen molar-refractivity contribution >= 4 is 51.5 Å². The molecule has 1 N–H and O–H groups in total. The molecule has 0 spiro atoms. The van der Waals surface area contributed by atoms with Crippen LogP contribution in [0.4, 0.5) is 5.13 Å². The lowest BCUT2D eigenvalue weighted by Gasteiger charge is -2.59. The Morgan fingerprint density at radius 2 is 2.03 bits per heavy atom. The first kappa shape index (κ1) is 21.7. The monoisotopic (exact) mass is 453 g/mol. The van der Waals surface area contributed by atoms with Crippen molar-refractivity contribution in [3.63, 3.8) is 0 Å². The van der Waals surface area contributed by atoms with Gasteiger partial charge in [-0.3, -0.25) is 4.90 Å². The van der Waals surface area contributed by atoms with E-state index in [1.807, 2.05) is 11.3 Å². The Labute approximate surface area is 190 Å². The number of nitrogens with one attached hydrogen (secondary N) is 1. The minimum absolute atomic E-state index is 0. The van der Waals surface area contributed by atoms with Crippen LogP contribution in [0.25, 0.3) is 10.2 Å². The van der Waals surface area contributed by atoms with Crippen LogP contribution in [0, 0.1) is 11.8 Å². The normalized spacial score (nSPS) is 30.7. The molecule has 3 nitrogen and oxygen atoms in total. The second-order valence-corrected chi connectivity index (χ2v) is 10.5. The molecule has 2 heterocycles. The van der Waals surface area contributed by atoms with Gasteiger partial charge in [-0.1, -0.05) is 24.2 Å². The summed E-state index contributed by atoms with van der Waals surface area (Å²) >= 11 is 1.84. The summed E-state index contributed by atoms with van der Waals surface area (Å²) in [6, 6.07) is 5.82. The third-order valence-electron chi connectivity index (χ3n) is 7.97. The number of benzene rings is 1. The first-order chi connectivity index (χ1) is 13.3. The number of piperidine rings is 1. The number of nitrogens with zero attached hydrogens (tertiary/aromatic N) is 2. The topological polar surface area (TPSA) is 28.2 Å². The second-order valence-electron chi connectivity index (χ2n) is 9.49. The van der Waals surface area contributed by atoms with Gasteiger partial charge in [0.1, 0.15) is 0 Å². The highest BCUT2D eigenvalue weighted by molar-refractivity contribution is 7.22. The van der Waals surface area contributed by atoms with Gasteiger partial charge in [-0.25, -0.2) is 4.98 Å². The summed E-state index contributed by atoms with van der Waals surface area (Å²) in [6.07, 6.45) is 11.3. The van der Waals surface area contributed by atoms with Crippen LogP contribution in [0.3, 0.4) is 0 Å². The third-order valence-corrected chi connectivity index (χ3v) is 8.95. The molecule has 2 aromatic rings. The van der Waals surface area contributed by atoms with Crippen molar-refractivity contribution in [3.8, 4) is 0 Å². The highest BCUT2D eigenvalue weighted by atomic mass is 35.5. The van der Waals surface area contributed by atoms with E-state index >= 15 is 0 Å². The number of hydrogen-bond donors (Lipinski definition) is 1. The predicted molar refractivity (Wildman–Crippen MR) is 128 cm³/mol. The molecule has 3 fully saturated rings. The maximum absolute atomic E-state index is 4.91. The van der Waals surface area contributed by atoms with Crippen LogP contribution >= 0.6 is 36.2 Å². The summed E-state index contributed by atoms with van der Waals surface area (Å²) in [5.74, 6) is 1.89. The molecule has 6 heteroatoms. The summed E-state index contributed by atoms with van der Waals surface area (Å²) in [4.78, 5) is 7.82. The molecule has 2 saturated carbocycles. The number of likely N-dealkylation sites (tertiary alicyclic amines) is 1. The van der Waals surface area contributed by atoms with Crippen molar-refractivity contribution in [3.05, 3.63) is 23.3 Å². The fourth-order valence-corrected chi connectivity index (χ4v) is 7.58. The number of thiazole rings is 1. The Kier molecular flexibility index (Phi) is 6.11. The van der Waals surface area contributed by atoms with Gasteiger partial charge in [0.15, 0.2) is 5.13 Å². The molecule has 29 heavy (non-hydrogen) atoms. The van der Waals surface area contributed by atoms with Crippen LogP contribution in [0.5, 0.6) is 0 Å². The van der Waals surface area contributed by atoms with Gasteiger partial charge in [-0.2, -0.15) is 0 Å². The Morgan fingerprint density at radius 3 is 2.83 bits per heavy atom. The van der Waals surface area contributed by atoms with E-state index in [9.17, 15) is 0 Å². The molecule has 1 aromatic heterocycles. The zero-order chi connectivity index (χ0) is 18.0. The molecule has 0 amide bonds. The summed E-state index contributed by atoms with van der Waals surface area (Å²) < 4.78 is 1.38. The highest BCUT2D eigenvalue weighted by Gasteiger charge is 2.54. The van der Waals surface area contributed by atoms with Crippen molar-refractivity contribution < 1.29 is 0 Å². The Balaban J connectivity index is 0.00000102. The van der Waals surface area contributed by atoms with Gasteiger partial charge >= 0.3 is 0 Å². The Bertz CT molecular complexity index is 880. The molecule has 1 saturated heterocycles. The van der Waals surface area contributed by atoms with Gasteiger partial charge in [0.2, 0.25) is 0 Å². The van der Waals surface area contributed by atoms with Gasteiger partial charge in [0, 0.05) is 24.5 Å². The van der Waals surface area contributed by atoms with E-state index in [1.165, 1.54) is 74.7 Å². The molecule has 160 valence electrons. The quantitative estimate of drug-likeness (QED) is 0.611. The lowest BCUT2D eigenvalue weighted by Crippen LogP contribution is -2.61. The number of fused-ring (bicyclic) bond motifs is 2. The van der Waals surface area contributed by atoms with Crippen LogP contribution < -0.4 is 5.32 Å². The number of aromatic nitrogens is 1. The highest BCUT2D eigenvalue weighted by Crippen LogP contribution is 2.56. The lowest BCUT2D eigenvalue weighted by molar-refractivity contribution is -0.0132. The summed E-state index contributed by atoms with van der Waals surface area (Å²) in [6.45, 7) is 5.80. The molecule has 0 radical (unpaired) electrons. The third kappa shape index (κ3) is 3.48. The van der Waals surface area contributed by atoms with Crippen molar-refractivity contribution in [1.29, 1.82) is 0 Å². The van der Waals surface area contributed by atoms with Crippen molar-refractivity contribution in [2.75, 3.05) is 25.0 Å². The molecule has 2 bridgehead atoms. The smallest absolute Gasteiger partial charge is 0.183 e. The van der Waals surface area contributed by atoms with Crippen LogP contribution in [0.2, 0.25) is 0 Å². The molecular weight excluding hydrogens is 421 g/mol. The van der Waals surface area contributed by atoms with Crippen molar-refractivity contribution in [2.45, 2.75) is 69.7 Å². The minimum Gasteiger partial charge on any atom is -0.362 e. The zero-order valence-corrected chi connectivity index (χ0v) is 19.7. The molecule has 1 aromatic carbocycles. The largest absolute Gasteiger partial charge is 0.362 e. The van der Waals surface area contributed by atoms with Crippen LogP contribution in [-0.2, 0) is 11.8 Å². The first-order valence-corrected chi connectivity index (χ1v) is 12.0.